The molecule has 6 nitrogen and oxygen atoms in total. The van der Waals surface area contributed by atoms with Crippen molar-refractivity contribution in [2.45, 2.75) is 12.1 Å². The lowest BCUT2D eigenvalue weighted by molar-refractivity contribution is -0.123. The molecule has 0 aromatic carbocycles. The minimum Gasteiger partial charge on any atom is -0.386 e. The molecule has 2 heterocycles. The predicted molar refractivity (Wildman–Crippen MR) is 89.6 cm³/mol. The third-order valence-electron chi connectivity index (χ3n) is 3.00. The van der Waals surface area contributed by atoms with Gasteiger partial charge in [0.2, 0.25) is 5.91 Å². The molecule has 2 aromatic rings. The van der Waals surface area contributed by atoms with E-state index in [1.807, 2.05) is 0 Å². The maximum atomic E-state index is 12.2. The largest absolute Gasteiger partial charge is 0.386 e. The Balaban J connectivity index is 0.00000242. The summed E-state index contributed by atoms with van der Waals surface area (Å²) in [6, 6.07) is 2.97. The molecule has 0 fully saturated rings. The van der Waals surface area contributed by atoms with Crippen LogP contribution in [0.4, 0.5) is 0 Å². The number of carbonyl (C=O) groups is 1. The van der Waals surface area contributed by atoms with Crippen LogP contribution in [0.3, 0.4) is 0 Å². The highest BCUT2D eigenvalue weighted by atomic mass is 35.5. The van der Waals surface area contributed by atoms with E-state index >= 15 is 0 Å². The summed E-state index contributed by atoms with van der Waals surface area (Å²) in [6.07, 6.45) is 2.64. The van der Waals surface area contributed by atoms with Crippen molar-refractivity contribution in [3.63, 3.8) is 0 Å². The van der Waals surface area contributed by atoms with Crippen molar-refractivity contribution >= 4 is 41.3 Å². The molecule has 22 heavy (non-hydrogen) atoms. The zero-order valence-electron chi connectivity index (χ0n) is 12.1. The summed E-state index contributed by atoms with van der Waals surface area (Å²) in [5, 5.41) is 19.7. The number of aryl methyl sites for hydroxylation is 1. The van der Waals surface area contributed by atoms with Crippen LogP contribution in [0.5, 0.6) is 0 Å². The number of hydrogen-bond acceptors (Lipinski definition) is 5. The molecule has 0 saturated heterocycles. The molecule has 0 bridgehead atoms. The van der Waals surface area contributed by atoms with Gasteiger partial charge >= 0.3 is 0 Å². The second-order valence-electron chi connectivity index (χ2n) is 4.57. The molecule has 9 heteroatoms. The number of aliphatic hydroxyl groups is 1. The van der Waals surface area contributed by atoms with E-state index in [4.69, 9.17) is 11.6 Å². The van der Waals surface area contributed by atoms with E-state index in [9.17, 15) is 9.90 Å². The number of nitrogens with zero attached hydrogens (tertiary/aromatic N) is 2. The number of thiophene rings is 1. The van der Waals surface area contributed by atoms with Crippen molar-refractivity contribution in [3.05, 3.63) is 39.3 Å². The van der Waals surface area contributed by atoms with Crippen molar-refractivity contribution in [2.75, 3.05) is 13.6 Å². The van der Waals surface area contributed by atoms with Gasteiger partial charge in [0.25, 0.3) is 0 Å². The summed E-state index contributed by atoms with van der Waals surface area (Å²) in [4.78, 5) is 12.9. The number of aliphatic hydroxyl groups excluding tert-OH is 1. The van der Waals surface area contributed by atoms with Gasteiger partial charge in [-0.15, -0.1) is 23.7 Å². The van der Waals surface area contributed by atoms with E-state index in [2.05, 4.69) is 15.7 Å². The van der Waals surface area contributed by atoms with Gasteiger partial charge < -0.3 is 15.7 Å². The Morgan fingerprint density at radius 3 is 2.77 bits per heavy atom. The molecule has 0 aliphatic heterocycles. The van der Waals surface area contributed by atoms with Gasteiger partial charge in [0.1, 0.15) is 12.1 Å². The monoisotopic (exact) mass is 364 g/mol. The summed E-state index contributed by atoms with van der Waals surface area (Å²) >= 11 is 7.12. The van der Waals surface area contributed by atoms with E-state index in [-0.39, 0.29) is 24.9 Å². The second kappa shape index (κ2) is 8.50. The average molecular weight is 365 g/mol. The molecule has 2 unspecified atom stereocenters. The molecule has 0 spiro atoms. The zero-order chi connectivity index (χ0) is 15.4. The van der Waals surface area contributed by atoms with Gasteiger partial charge in [-0.1, -0.05) is 11.6 Å². The Hall–Kier alpha value is -1.12. The number of hydrogen-bond donors (Lipinski definition) is 3. The smallest absolute Gasteiger partial charge is 0.241 e. The minimum atomic E-state index is -0.766. The first-order valence-electron chi connectivity index (χ1n) is 6.38. The van der Waals surface area contributed by atoms with Crippen LogP contribution in [0.25, 0.3) is 0 Å². The molecule has 0 radical (unpaired) electrons. The molecule has 0 saturated carbocycles. The SMILES string of the molecule is CNC(C(=O)NCC(O)c1ccc(Cl)s1)c1cnn(C)c1.Cl. The van der Waals surface area contributed by atoms with E-state index in [1.54, 1.807) is 43.3 Å². The number of carbonyl (C=O) groups excluding carboxylic acids is 1. The number of nitrogens with one attached hydrogen (secondary N) is 2. The van der Waals surface area contributed by atoms with Crippen molar-refractivity contribution in [2.24, 2.45) is 7.05 Å². The number of rotatable bonds is 6. The van der Waals surface area contributed by atoms with Crippen LogP contribution in [-0.4, -0.2) is 34.4 Å². The molecule has 122 valence electrons. The molecule has 0 aliphatic rings. The van der Waals surface area contributed by atoms with E-state index in [0.717, 1.165) is 10.4 Å². The van der Waals surface area contributed by atoms with Crippen molar-refractivity contribution in [1.82, 2.24) is 20.4 Å². The van der Waals surface area contributed by atoms with Crippen molar-refractivity contribution in [1.29, 1.82) is 0 Å². The number of likely N-dealkylation sites (N-methyl/N-ethyl adjacent to an activating group) is 1. The van der Waals surface area contributed by atoms with Crippen LogP contribution >= 0.6 is 35.3 Å². The lowest BCUT2D eigenvalue weighted by Gasteiger charge is -2.16. The molecular formula is C13H18Cl2N4O2S. The fraction of sp³-hybridized carbons (Fsp3) is 0.385. The predicted octanol–water partition coefficient (Wildman–Crippen LogP) is 1.67. The van der Waals surface area contributed by atoms with Gasteiger partial charge in [0.05, 0.1) is 10.5 Å². The molecule has 2 rings (SSSR count). The maximum Gasteiger partial charge on any atom is 0.241 e. The summed E-state index contributed by atoms with van der Waals surface area (Å²) in [5.74, 6) is -0.216. The summed E-state index contributed by atoms with van der Waals surface area (Å²) in [6.45, 7) is 0.133. The Morgan fingerprint density at radius 2 is 2.27 bits per heavy atom. The van der Waals surface area contributed by atoms with Crippen LogP contribution in [0, 0.1) is 0 Å². The van der Waals surface area contributed by atoms with Gasteiger partial charge in [-0.2, -0.15) is 5.10 Å². The normalized spacial score (nSPS) is 13.3. The third kappa shape index (κ3) is 4.69. The average Bonchev–Trinajstić information content (AvgIpc) is 3.06. The van der Waals surface area contributed by atoms with Gasteiger partial charge in [0.15, 0.2) is 0 Å². The Bertz CT molecular complexity index is 617. The second-order valence-corrected chi connectivity index (χ2v) is 6.32. The summed E-state index contributed by atoms with van der Waals surface area (Å²) in [5.41, 5.74) is 0.770. The van der Waals surface area contributed by atoms with E-state index < -0.39 is 12.1 Å². The fourth-order valence-electron chi connectivity index (χ4n) is 1.95. The van der Waals surface area contributed by atoms with Crippen LogP contribution in [0.1, 0.15) is 22.6 Å². The third-order valence-corrected chi connectivity index (χ3v) is 4.33. The van der Waals surface area contributed by atoms with Gasteiger partial charge in [0, 0.05) is 30.2 Å². The standard InChI is InChI=1S/C13H17ClN4O2S.ClH/c1-15-12(8-5-17-18(2)7-8)13(20)16-6-9(19)10-3-4-11(14)21-10;/h3-5,7,9,12,15,19H,6H2,1-2H3,(H,16,20);1H. The Kier molecular flexibility index (Phi) is 7.31. The first-order valence-corrected chi connectivity index (χ1v) is 7.57. The minimum absolute atomic E-state index is 0. The van der Waals surface area contributed by atoms with Crippen LogP contribution in [-0.2, 0) is 11.8 Å². The molecule has 0 aliphatic carbocycles. The van der Waals surface area contributed by atoms with E-state index in [0.29, 0.717) is 4.34 Å². The highest BCUT2D eigenvalue weighted by molar-refractivity contribution is 7.16. The highest BCUT2D eigenvalue weighted by Gasteiger charge is 2.21. The van der Waals surface area contributed by atoms with Crippen molar-refractivity contribution in [3.8, 4) is 0 Å². The van der Waals surface area contributed by atoms with Crippen molar-refractivity contribution < 1.29 is 9.90 Å². The van der Waals surface area contributed by atoms with Gasteiger partial charge in [-0.25, -0.2) is 0 Å². The quantitative estimate of drug-likeness (QED) is 0.728. The lowest BCUT2D eigenvalue weighted by atomic mass is 10.1. The fourth-order valence-corrected chi connectivity index (χ4v) is 2.99. The van der Waals surface area contributed by atoms with Crippen LogP contribution < -0.4 is 10.6 Å². The maximum absolute atomic E-state index is 12.2. The van der Waals surface area contributed by atoms with Gasteiger partial charge in [-0.05, 0) is 19.2 Å². The van der Waals surface area contributed by atoms with Crippen LogP contribution in [0.15, 0.2) is 24.5 Å². The van der Waals surface area contributed by atoms with Gasteiger partial charge in [-0.3, -0.25) is 9.48 Å². The topological polar surface area (TPSA) is 79.2 Å². The summed E-state index contributed by atoms with van der Waals surface area (Å²) < 4.78 is 2.24. The molecular weight excluding hydrogens is 347 g/mol. The molecule has 2 atom stereocenters. The number of halogens is 2. The molecule has 2 aromatic heterocycles. The Labute approximate surface area is 143 Å². The number of aromatic nitrogens is 2. The first kappa shape index (κ1) is 18.9. The van der Waals surface area contributed by atoms with Crippen LogP contribution in [0.2, 0.25) is 4.34 Å². The number of amides is 1. The Morgan fingerprint density at radius 1 is 1.55 bits per heavy atom. The lowest BCUT2D eigenvalue weighted by Crippen LogP contribution is -2.37. The van der Waals surface area contributed by atoms with E-state index in [1.165, 1.54) is 11.3 Å². The highest BCUT2D eigenvalue weighted by Crippen LogP contribution is 2.26. The zero-order valence-corrected chi connectivity index (χ0v) is 14.5. The summed E-state index contributed by atoms with van der Waals surface area (Å²) in [7, 11) is 3.49. The molecule has 1 amide bonds. The molecule has 3 N–H and O–H groups in total. The first-order chi connectivity index (χ1) is 10.0.